The summed E-state index contributed by atoms with van der Waals surface area (Å²) in [4.78, 5) is 12.5. The topological polar surface area (TPSA) is 68.2 Å². The molecule has 0 bridgehead atoms. The molecule has 1 unspecified atom stereocenters. The van der Waals surface area contributed by atoms with Gasteiger partial charge in [0, 0.05) is 29.9 Å². The molecule has 1 saturated heterocycles. The van der Waals surface area contributed by atoms with Crippen molar-refractivity contribution in [3.05, 3.63) is 0 Å². The fraction of sp³-hybridized carbons (Fsp3) is 0.917. The number of β-amino-alcohol motifs (C(OH)–C–C–N with tert-alkyl or cyclic N) is 1. The van der Waals surface area contributed by atoms with Crippen molar-refractivity contribution in [3.63, 3.8) is 0 Å². The van der Waals surface area contributed by atoms with Gasteiger partial charge >= 0.3 is 6.09 Å². The number of hydrogen-bond donors (Lipinski definition) is 1. The van der Waals surface area contributed by atoms with E-state index >= 15 is 0 Å². The molecule has 1 rings (SSSR count). The highest BCUT2D eigenvalue weighted by Crippen LogP contribution is 2.27. The van der Waals surface area contributed by atoms with Crippen LogP contribution in [0.25, 0.3) is 0 Å². The minimum Gasteiger partial charge on any atom is -0.444 e. The zero-order valence-corrected chi connectivity index (χ0v) is 11.3. The van der Waals surface area contributed by atoms with Crippen LogP contribution < -0.4 is 0 Å². The van der Waals surface area contributed by atoms with Crippen LogP contribution in [0.5, 0.6) is 0 Å². The Kier molecular flexibility index (Phi) is 3.01. The first kappa shape index (κ1) is 10.00. The minimum absolute atomic E-state index is 0.256. The Morgan fingerprint density at radius 2 is 2.00 bits per heavy atom. The second-order valence-electron chi connectivity index (χ2n) is 4.90. The summed E-state index contributed by atoms with van der Waals surface area (Å²) in [7, 11) is 2.34. The Balaban J connectivity index is 3.28. The Morgan fingerprint density at radius 3 is 2.44 bits per heavy atom. The molecule has 1 N–H and O–H groups in total. The fourth-order valence-electron chi connectivity index (χ4n) is 1.43. The van der Waals surface area contributed by atoms with E-state index in [0.29, 0.717) is 0 Å². The van der Waals surface area contributed by atoms with Crippen LogP contribution in [0.4, 0.5) is 4.79 Å². The van der Waals surface area contributed by atoms with Gasteiger partial charge in [-0.2, -0.15) is 0 Å². The van der Waals surface area contributed by atoms with Gasteiger partial charge in [0.25, 0.3) is 0 Å². The number of nitrogens with zero attached hydrogens (tertiary/aromatic N) is 1. The van der Waals surface area contributed by atoms with Gasteiger partial charge in [-0.3, -0.25) is 0 Å². The van der Waals surface area contributed by atoms with Crippen LogP contribution in [0.1, 0.15) is 32.7 Å². The lowest BCUT2D eigenvalue weighted by atomic mass is 10.0. The Morgan fingerprint density at radius 1 is 1.44 bits per heavy atom. The molecule has 1 atom stereocenters. The summed E-state index contributed by atoms with van der Waals surface area (Å²) in [5.74, 6) is -1.91. The summed E-state index contributed by atoms with van der Waals surface area (Å²) >= 11 is 0. The molecule has 6 heteroatoms. The van der Waals surface area contributed by atoms with Crippen LogP contribution in [0.3, 0.4) is 0 Å². The van der Waals surface area contributed by atoms with Gasteiger partial charge in [0.2, 0.25) is 0 Å². The van der Waals surface area contributed by atoms with Crippen molar-refractivity contribution in [1.82, 2.24) is 4.90 Å². The van der Waals surface area contributed by atoms with Crippen LogP contribution in [-0.4, -0.2) is 60.8 Å². The highest BCUT2D eigenvalue weighted by atomic mass is 16.7. The van der Waals surface area contributed by atoms with Crippen molar-refractivity contribution in [2.24, 2.45) is 0 Å². The zero-order valence-electron chi connectivity index (χ0n) is 15.3. The minimum atomic E-state index is -2.80. The molecular weight excluding hydrogens is 238 g/mol. The maximum Gasteiger partial charge on any atom is 0.410 e. The van der Waals surface area contributed by atoms with Crippen LogP contribution in [0.2, 0.25) is 0 Å². The molecule has 0 aliphatic carbocycles. The van der Waals surface area contributed by atoms with E-state index < -0.39 is 43.0 Å². The summed E-state index contributed by atoms with van der Waals surface area (Å²) in [5.41, 5.74) is -0.939. The van der Waals surface area contributed by atoms with Crippen LogP contribution in [0, 0.1) is 0 Å². The van der Waals surface area contributed by atoms with Gasteiger partial charge in [-0.1, -0.05) is 0 Å². The zero-order chi connectivity index (χ0) is 17.6. The number of likely N-dealkylation sites (tertiary alicyclic amines) is 1. The molecule has 0 aromatic carbocycles. The number of carbonyl (C=O) groups is 1. The molecule has 0 aromatic rings. The van der Waals surface area contributed by atoms with Crippen molar-refractivity contribution in [3.8, 4) is 0 Å². The highest BCUT2D eigenvalue weighted by molar-refractivity contribution is 5.68. The van der Waals surface area contributed by atoms with E-state index in [9.17, 15) is 9.90 Å². The van der Waals surface area contributed by atoms with Crippen molar-refractivity contribution >= 4 is 6.09 Å². The van der Waals surface area contributed by atoms with Crippen LogP contribution in [-0.2, 0) is 14.2 Å². The molecule has 1 amide bonds. The smallest absolute Gasteiger partial charge is 0.410 e. The van der Waals surface area contributed by atoms with Crippen molar-refractivity contribution in [2.75, 3.05) is 27.2 Å². The van der Waals surface area contributed by atoms with Gasteiger partial charge < -0.3 is 24.2 Å². The van der Waals surface area contributed by atoms with E-state index in [4.69, 9.17) is 19.7 Å². The van der Waals surface area contributed by atoms with Gasteiger partial charge in [0.15, 0.2) is 5.79 Å². The number of aliphatic hydroxyl groups excluding tert-OH is 1. The summed E-state index contributed by atoms with van der Waals surface area (Å²) in [6.07, 6.45) is -3.71. The molecule has 1 aliphatic heterocycles. The summed E-state index contributed by atoms with van der Waals surface area (Å²) in [6, 6.07) is 0. The molecule has 1 heterocycles. The summed E-state index contributed by atoms with van der Waals surface area (Å²) in [5, 5.41) is 10.3. The van der Waals surface area contributed by atoms with Crippen molar-refractivity contribution < 1.29 is 29.6 Å². The van der Waals surface area contributed by atoms with E-state index in [1.807, 2.05) is 0 Å². The van der Waals surface area contributed by atoms with E-state index in [1.54, 1.807) is 20.8 Å². The number of rotatable bonds is 2. The highest BCUT2D eigenvalue weighted by Gasteiger charge is 2.44. The van der Waals surface area contributed by atoms with E-state index in [2.05, 4.69) is 0 Å². The first-order valence-corrected chi connectivity index (χ1v) is 5.55. The van der Waals surface area contributed by atoms with E-state index in [1.165, 1.54) is 14.2 Å². The molecule has 18 heavy (non-hydrogen) atoms. The quantitative estimate of drug-likeness (QED) is 0.754. The largest absolute Gasteiger partial charge is 0.444 e. The maximum absolute atomic E-state index is 12.2. The third kappa shape index (κ3) is 3.34. The Hall–Kier alpha value is -0.850. The second kappa shape index (κ2) is 5.42. The number of piperidine rings is 1. The van der Waals surface area contributed by atoms with Crippen molar-refractivity contribution in [1.29, 1.82) is 0 Å². The maximum atomic E-state index is 12.2. The molecule has 0 saturated carbocycles. The van der Waals surface area contributed by atoms with Gasteiger partial charge in [0.1, 0.15) is 11.7 Å². The second-order valence-corrected chi connectivity index (χ2v) is 4.90. The molecule has 0 radical (unpaired) electrons. The Labute approximate surface area is 113 Å². The molecule has 0 spiro atoms. The summed E-state index contributed by atoms with van der Waals surface area (Å²) in [6.45, 7) is -0.561. The third-order valence-corrected chi connectivity index (χ3v) is 2.42. The number of ether oxygens (including phenoxy) is 3. The average molecular weight is 265 g/mol. The first-order chi connectivity index (χ1) is 9.73. The molecular formula is C12H23NO5. The predicted octanol–water partition coefficient (Wildman–Crippen LogP) is 0.977. The number of methoxy groups -OCH3 is 2. The molecule has 1 aliphatic rings. The van der Waals surface area contributed by atoms with Gasteiger partial charge in [-0.25, -0.2) is 4.79 Å². The Bertz CT molecular complexity index is 434. The van der Waals surface area contributed by atoms with Gasteiger partial charge in [-0.05, 0) is 20.8 Å². The number of hydrogen-bond acceptors (Lipinski definition) is 5. The van der Waals surface area contributed by atoms with Crippen molar-refractivity contribution in [2.45, 2.75) is 44.7 Å². The number of carbonyl (C=O) groups excluding carboxylic acids is 1. The van der Waals surface area contributed by atoms with E-state index in [0.717, 1.165) is 0 Å². The van der Waals surface area contributed by atoms with Gasteiger partial charge in [0.05, 0.1) is 9.24 Å². The number of aliphatic hydroxyl groups is 1. The SMILES string of the molecule is [2H]C1([2H])CC(OC)(OC)C(O)C([2H])([2H])N1C(=O)OC(C)(C)C. The lowest BCUT2D eigenvalue weighted by Gasteiger charge is -2.43. The lowest BCUT2D eigenvalue weighted by molar-refractivity contribution is -0.276. The number of amides is 1. The molecule has 0 aromatic heterocycles. The van der Waals surface area contributed by atoms with Crippen LogP contribution in [0.15, 0.2) is 0 Å². The standard InChI is InChI=1S/C12H23NO5/c1-11(2,3)18-10(15)13-7-6-12(16-4,17-5)9(14)8-13/h9,14H,6-8H2,1-5H3/i7D2,8D2. The molecule has 1 fully saturated rings. The normalized spacial score (nSPS) is 32.8. The summed E-state index contributed by atoms with van der Waals surface area (Å²) < 4.78 is 47.1. The predicted molar refractivity (Wildman–Crippen MR) is 65.2 cm³/mol. The third-order valence-electron chi connectivity index (χ3n) is 2.42. The monoisotopic (exact) mass is 265 g/mol. The molecule has 106 valence electrons. The fourth-order valence-corrected chi connectivity index (χ4v) is 1.43. The van der Waals surface area contributed by atoms with Gasteiger partial charge in [-0.15, -0.1) is 0 Å². The van der Waals surface area contributed by atoms with E-state index in [-0.39, 0.29) is 4.90 Å². The first-order valence-electron chi connectivity index (χ1n) is 7.55. The van der Waals surface area contributed by atoms with Crippen LogP contribution >= 0.6 is 0 Å². The average Bonchev–Trinajstić information content (AvgIpc) is 2.30. The molecule has 6 nitrogen and oxygen atoms in total. The lowest BCUT2D eigenvalue weighted by Crippen LogP contribution is -2.59.